The number of hydrogen-bond donors (Lipinski definition) is 1. The summed E-state index contributed by atoms with van der Waals surface area (Å²) in [6.45, 7) is 1.42. The molecule has 2 aromatic heterocycles. The number of aliphatic hydroxyl groups excluding tert-OH is 1. The first-order valence-electron chi connectivity index (χ1n) is 10.1. The van der Waals surface area contributed by atoms with Crippen LogP contribution in [0.1, 0.15) is 50.0 Å². The van der Waals surface area contributed by atoms with Gasteiger partial charge in [0.1, 0.15) is 12.4 Å². The Morgan fingerprint density at radius 1 is 1.32 bits per heavy atom. The molecule has 3 unspecified atom stereocenters. The molecule has 2 aromatic rings. The van der Waals surface area contributed by atoms with Crippen molar-refractivity contribution in [3.63, 3.8) is 0 Å². The summed E-state index contributed by atoms with van der Waals surface area (Å²) in [6.07, 6.45) is 0.0539. The average molecular weight is 465 g/mol. The van der Waals surface area contributed by atoms with Crippen molar-refractivity contribution in [2.75, 3.05) is 16.7 Å². The van der Waals surface area contributed by atoms with Crippen LogP contribution in [0.15, 0.2) is 39.6 Å². The zero-order valence-corrected chi connectivity index (χ0v) is 17.9. The molecule has 0 radical (unpaired) electrons. The summed E-state index contributed by atoms with van der Waals surface area (Å²) in [6, 6.07) is 2.96. The molecule has 7 nitrogen and oxygen atoms in total. The van der Waals surface area contributed by atoms with Crippen molar-refractivity contribution in [2.24, 2.45) is 5.92 Å². The fourth-order valence-electron chi connectivity index (χ4n) is 3.64. The monoisotopic (exact) mass is 465 g/mol. The standard InChI is InChI=1S/C20H26F3NO6S/c1-2-3-4-7-18(25)14-9-19(30-10-14)24-17(12-28-11-15-6-5-8-29-15)16(20(21,22)23)13-31(24,26)27/h5-6,8-10,16-18,25H,2-4,7,11-13H2,1H3. The molecule has 1 fully saturated rings. The number of ether oxygens (including phenoxy) is 1. The number of anilines is 1. The first-order chi connectivity index (χ1) is 14.6. The smallest absolute Gasteiger partial charge is 0.394 e. The second-order valence-electron chi connectivity index (χ2n) is 7.61. The molecule has 3 heterocycles. The van der Waals surface area contributed by atoms with Gasteiger partial charge in [0.15, 0.2) is 0 Å². The first-order valence-corrected chi connectivity index (χ1v) is 11.7. The fraction of sp³-hybridized carbons (Fsp3) is 0.600. The second-order valence-corrected chi connectivity index (χ2v) is 9.50. The number of rotatable bonds is 10. The Hall–Kier alpha value is -1.98. The normalized spacial score (nSPS) is 22.2. The van der Waals surface area contributed by atoms with Crippen molar-refractivity contribution in [1.82, 2.24) is 0 Å². The number of nitrogens with zero attached hydrogens (tertiary/aromatic N) is 1. The minimum Gasteiger partial charge on any atom is -0.467 e. The lowest BCUT2D eigenvalue weighted by Gasteiger charge is -2.26. The molecule has 11 heteroatoms. The Kier molecular flexibility index (Phi) is 7.38. The van der Waals surface area contributed by atoms with Crippen molar-refractivity contribution in [3.05, 3.63) is 42.0 Å². The van der Waals surface area contributed by atoms with Gasteiger partial charge in [0.05, 0.1) is 42.9 Å². The third-order valence-corrected chi connectivity index (χ3v) is 7.11. The number of sulfonamides is 1. The van der Waals surface area contributed by atoms with Gasteiger partial charge in [-0.1, -0.05) is 26.2 Å². The van der Waals surface area contributed by atoms with Crippen LogP contribution in [0.4, 0.5) is 19.1 Å². The van der Waals surface area contributed by atoms with Crippen molar-refractivity contribution >= 4 is 15.9 Å². The van der Waals surface area contributed by atoms with Gasteiger partial charge in [-0.15, -0.1) is 0 Å². The summed E-state index contributed by atoms with van der Waals surface area (Å²) in [5.74, 6) is -3.09. The topological polar surface area (TPSA) is 93.1 Å². The second kappa shape index (κ2) is 9.66. The van der Waals surface area contributed by atoms with Gasteiger partial charge in [-0.05, 0) is 18.6 Å². The fourth-order valence-corrected chi connectivity index (χ4v) is 5.66. The summed E-state index contributed by atoms with van der Waals surface area (Å²) in [4.78, 5) is 0. The predicted octanol–water partition coefficient (Wildman–Crippen LogP) is 4.40. The van der Waals surface area contributed by atoms with Crippen LogP contribution in [-0.4, -0.2) is 38.1 Å². The maximum atomic E-state index is 13.6. The van der Waals surface area contributed by atoms with Crippen LogP contribution >= 0.6 is 0 Å². The lowest BCUT2D eigenvalue weighted by Crippen LogP contribution is -2.43. The number of alkyl halides is 3. The van der Waals surface area contributed by atoms with Gasteiger partial charge in [0, 0.05) is 11.6 Å². The van der Waals surface area contributed by atoms with Crippen LogP contribution in [-0.2, 0) is 21.4 Å². The Morgan fingerprint density at radius 2 is 2.10 bits per heavy atom. The van der Waals surface area contributed by atoms with Gasteiger partial charge < -0.3 is 18.7 Å². The molecule has 0 bridgehead atoms. The van der Waals surface area contributed by atoms with Crippen LogP contribution in [0.5, 0.6) is 0 Å². The molecule has 1 saturated heterocycles. The third-order valence-electron chi connectivity index (χ3n) is 5.28. The van der Waals surface area contributed by atoms with Crippen LogP contribution in [0, 0.1) is 5.92 Å². The summed E-state index contributed by atoms with van der Waals surface area (Å²) in [7, 11) is -4.30. The molecule has 1 aliphatic heterocycles. The van der Waals surface area contributed by atoms with Crippen LogP contribution in [0.3, 0.4) is 0 Å². The quantitative estimate of drug-likeness (QED) is 0.523. The molecule has 1 N–H and O–H groups in total. The molecule has 3 atom stereocenters. The predicted molar refractivity (Wildman–Crippen MR) is 106 cm³/mol. The molecule has 0 aromatic carbocycles. The summed E-state index contributed by atoms with van der Waals surface area (Å²) in [5, 5.41) is 10.3. The van der Waals surface area contributed by atoms with Crippen molar-refractivity contribution in [1.29, 1.82) is 0 Å². The Morgan fingerprint density at radius 3 is 2.74 bits per heavy atom. The van der Waals surface area contributed by atoms with Gasteiger partial charge in [0.25, 0.3) is 0 Å². The van der Waals surface area contributed by atoms with Crippen molar-refractivity contribution < 1.29 is 40.3 Å². The molecule has 0 spiro atoms. The maximum Gasteiger partial charge on any atom is 0.394 e. The number of hydrogen-bond acceptors (Lipinski definition) is 6. The van der Waals surface area contributed by atoms with Crippen molar-refractivity contribution in [3.8, 4) is 0 Å². The third kappa shape index (κ3) is 5.64. The molecular weight excluding hydrogens is 439 g/mol. The first kappa shape index (κ1) is 23.7. The molecule has 1 aliphatic rings. The Balaban J connectivity index is 1.81. The molecule has 174 valence electrons. The molecule has 0 amide bonds. The van der Waals surface area contributed by atoms with E-state index in [2.05, 4.69) is 0 Å². The van der Waals surface area contributed by atoms with Gasteiger partial charge >= 0.3 is 6.18 Å². The van der Waals surface area contributed by atoms with Crippen LogP contribution < -0.4 is 4.31 Å². The molecular formula is C20H26F3NO6S. The minimum atomic E-state index is -4.74. The summed E-state index contributed by atoms with van der Waals surface area (Å²) < 4.78 is 82.5. The highest BCUT2D eigenvalue weighted by molar-refractivity contribution is 7.93. The zero-order chi connectivity index (χ0) is 22.6. The summed E-state index contributed by atoms with van der Waals surface area (Å²) in [5.41, 5.74) is 0.326. The molecule has 0 aliphatic carbocycles. The van der Waals surface area contributed by atoms with Crippen LogP contribution in [0.25, 0.3) is 0 Å². The van der Waals surface area contributed by atoms with E-state index in [9.17, 15) is 26.7 Å². The molecule has 0 saturated carbocycles. The Labute approximate surface area is 178 Å². The van der Waals surface area contributed by atoms with E-state index in [0.717, 1.165) is 19.3 Å². The SMILES string of the molecule is CCCCCC(O)c1coc(N2C(COCc3ccco3)C(C(F)(F)F)CS2(=O)=O)c1. The van der Waals surface area contributed by atoms with Gasteiger partial charge in [-0.25, -0.2) is 12.7 Å². The van der Waals surface area contributed by atoms with E-state index >= 15 is 0 Å². The largest absolute Gasteiger partial charge is 0.467 e. The lowest BCUT2D eigenvalue weighted by atomic mass is 10.0. The Bertz CT molecular complexity index is 925. The summed E-state index contributed by atoms with van der Waals surface area (Å²) >= 11 is 0. The average Bonchev–Trinajstić information content (AvgIpc) is 3.41. The van der Waals surface area contributed by atoms with E-state index in [0.29, 0.717) is 22.0 Å². The maximum absolute atomic E-state index is 13.6. The highest BCUT2D eigenvalue weighted by Crippen LogP contribution is 2.42. The van der Waals surface area contributed by atoms with E-state index in [-0.39, 0.29) is 12.5 Å². The highest BCUT2D eigenvalue weighted by Gasteiger charge is 2.57. The lowest BCUT2D eigenvalue weighted by molar-refractivity contribution is -0.174. The number of halogens is 3. The highest BCUT2D eigenvalue weighted by atomic mass is 32.2. The van der Waals surface area contributed by atoms with Crippen LogP contribution in [0.2, 0.25) is 0 Å². The van der Waals surface area contributed by atoms with Gasteiger partial charge in [-0.3, -0.25) is 0 Å². The molecule has 31 heavy (non-hydrogen) atoms. The van der Waals surface area contributed by atoms with E-state index in [1.807, 2.05) is 6.92 Å². The molecule has 3 rings (SSSR count). The number of unbranched alkanes of at least 4 members (excludes halogenated alkanes) is 2. The van der Waals surface area contributed by atoms with Gasteiger partial charge in [-0.2, -0.15) is 13.2 Å². The van der Waals surface area contributed by atoms with E-state index in [4.69, 9.17) is 13.6 Å². The van der Waals surface area contributed by atoms with Gasteiger partial charge in [0.2, 0.25) is 15.9 Å². The zero-order valence-electron chi connectivity index (χ0n) is 17.0. The van der Waals surface area contributed by atoms with E-state index in [1.54, 1.807) is 12.1 Å². The number of aliphatic hydroxyl groups is 1. The van der Waals surface area contributed by atoms with E-state index in [1.165, 1.54) is 18.6 Å². The number of furan rings is 2. The van der Waals surface area contributed by atoms with Crippen molar-refractivity contribution in [2.45, 2.75) is 57.5 Å². The van der Waals surface area contributed by atoms with E-state index < -0.39 is 46.6 Å². The minimum absolute atomic E-state index is 0.0957.